The third-order valence-corrected chi connectivity index (χ3v) is 9.44. The average molecular weight is 603 g/mol. The lowest BCUT2D eigenvalue weighted by molar-refractivity contribution is -0.145. The molecule has 1 unspecified atom stereocenters. The molecule has 2 N–H and O–H groups in total. The Kier molecular flexibility index (Phi) is 8.38. The highest BCUT2D eigenvalue weighted by Crippen LogP contribution is 2.38. The molecule has 10 nitrogen and oxygen atoms in total. The average Bonchev–Trinajstić information content (AvgIpc) is 3.36. The van der Waals surface area contributed by atoms with E-state index in [2.05, 4.69) is 10.4 Å². The second-order valence-electron chi connectivity index (χ2n) is 10.8. The second kappa shape index (κ2) is 12.0. The molecule has 1 saturated heterocycles. The largest absolute Gasteiger partial charge is 0.481 e. The van der Waals surface area contributed by atoms with Gasteiger partial charge < -0.3 is 9.84 Å². The molecule has 0 radical (unpaired) electrons. The normalized spacial score (nSPS) is 15.9. The molecule has 43 heavy (non-hydrogen) atoms. The highest BCUT2D eigenvalue weighted by atomic mass is 32.2. The molecule has 0 bridgehead atoms. The molecule has 1 amide bonds. The fourth-order valence-electron chi connectivity index (χ4n) is 5.53. The minimum absolute atomic E-state index is 0.170. The van der Waals surface area contributed by atoms with Crippen molar-refractivity contribution in [3.05, 3.63) is 96.2 Å². The lowest BCUT2D eigenvalue weighted by Gasteiger charge is -2.38. The van der Waals surface area contributed by atoms with Crippen LogP contribution in [-0.2, 0) is 32.0 Å². The molecule has 1 aliphatic rings. The Morgan fingerprint density at radius 1 is 0.930 bits per heavy atom. The molecule has 1 atom stereocenters. The number of nitrogens with zero attached hydrogens (tertiary/aromatic N) is 3. The molecule has 3 aromatic carbocycles. The fraction of sp³-hybridized carbons (Fsp3) is 0.281. The fourth-order valence-corrected chi connectivity index (χ4v) is 6.37. The zero-order valence-electron chi connectivity index (χ0n) is 24.2. The van der Waals surface area contributed by atoms with Crippen LogP contribution in [0, 0.1) is 0 Å². The van der Waals surface area contributed by atoms with Crippen LogP contribution >= 0.6 is 0 Å². The number of amides is 1. The van der Waals surface area contributed by atoms with E-state index in [1.807, 2.05) is 85.8 Å². The van der Waals surface area contributed by atoms with Crippen LogP contribution in [0.15, 0.2) is 85.1 Å². The van der Waals surface area contributed by atoms with Gasteiger partial charge in [-0.25, -0.2) is 17.5 Å². The molecule has 1 fully saturated rings. The topological polar surface area (TPSA) is 131 Å². The zero-order chi connectivity index (χ0) is 30.8. The number of hydrogen-bond donors (Lipinski definition) is 2. The van der Waals surface area contributed by atoms with E-state index in [4.69, 9.17) is 4.74 Å². The highest BCUT2D eigenvalue weighted by molar-refractivity contribution is 7.88. The molecule has 2 heterocycles. The van der Waals surface area contributed by atoms with Crippen LogP contribution < -0.4 is 5.32 Å². The van der Waals surface area contributed by atoms with Crippen molar-refractivity contribution in [2.24, 2.45) is 7.05 Å². The first-order valence-corrected chi connectivity index (χ1v) is 15.8. The number of rotatable bonds is 8. The Bertz CT molecular complexity index is 1710. The third kappa shape index (κ3) is 6.32. The molecule has 1 aliphatic heterocycles. The molecule has 5 rings (SSSR count). The smallest absolute Gasteiger partial charge is 0.413 e. The first kappa shape index (κ1) is 30.0. The number of piperidine rings is 1. The number of sulfonamides is 1. The van der Waals surface area contributed by atoms with Gasteiger partial charge in [0.25, 0.3) is 0 Å². The first-order valence-electron chi connectivity index (χ1n) is 13.9. The Hall–Kier alpha value is -4.48. The van der Waals surface area contributed by atoms with E-state index >= 15 is 0 Å². The van der Waals surface area contributed by atoms with E-state index in [1.54, 1.807) is 17.9 Å². The summed E-state index contributed by atoms with van der Waals surface area (Å²) in [6.07, 6.45) is 2.25. The predicted octanol–water partition coefficient (Wildman–Crippen LogP) is 5.44. The summed E-state index contributed by atoms with van der Waals surface area (Å²) in [5.74, 6) is -0.444. The number of anilines is 1. The van der Waals surface area contributed by atoms with Gasteiger partial charge in [0.15, 0.2) is 0 Å². The van der Waals surface area contributed by atoms with Crippen molar-refractivity contribution in [1.82, 2.24) is 14.1 Å². The summed E-state index contributed by atoms with van der Waals surface area (Å²) < 4.78 is 32.3. The standard InChI is InChI=1S/C32H34N4O6S/c1-22(23-7-5-4-6-8-23)42-31(39)34-29-28(21-33-35(29)2)26-11-9-24(10-12-26)25-13-15-27(16-14-25)32(30(37)38)17-19-36(20-18-32)43(3,40)41/h4-16,21-22H,17-20H2,1-3H3,(H,34,39)(H,37,38). The van der Waals surface area contributed by atoms with Crippen LogP contribution in [0.25, 0.3) is 22.3 Å². The van der Waals surface area contributed by atoms with Crippen LogP contribution in [0.2, 0.25) is 0 Å². The van der Waals surface area contributed by atoms with Crippen LogP contribution in [0.4, 0.5) is 10.6 Å². The van der Waals surface area contributed by atoms with E-state index in [0.29, 0.717) is 11.4 Å². The molecule has 0 spiro atoms. The maximum Gasteiger partial charge on any atom is 0.413 e. The quantitative estimate of drug-likeness (QED) is 0.275. The summed E-state index contributed by atoms with van der Waals surface area (Å²) in [6.45, 7) is 2.15. The van der Waals surface area contributed by atoms with Crippen molar-refractivity contribution in [3.63, 3.8) is 0 Å². The predicted molar refractivity (Wildman–Crippen MR) is 164 cm³/mol. The SMILES string of the molecule is CC(OC(=O)Nc1c(-c2ccc(-c3ccc(C4(C(=O)O)CCN(S(C)(=O)=O)CC4)cc3)cc2)cnn1C)c1ccccc1. The van der Waals surface area contributed by atoms with Crippen molar-refractivity contribution in [1.29, 1.82) is 0 Å². The summed E-state index contributed by atoms with van der Waals surface area (Å²) >= 11 is 0. The van der Waals surface area contributed by atoms with Gasteiger partial charge in [-0.15, -0.1) is 0 Å². The number of aromatic nitrogens is 2. The van der Waals surface area contributed by atoms with Crippen LogP contribution in [-0.4, -0.2) is 59.0 Å². The number of carbonyl (C=O) groups excluding carboxylic acids is 1. The highest BCUT2D eigenvalue weighted by Gasteiger charge is 2.44. The monoisotopic (exact) mass is 602 g/mol. The second-order valence-corrected chi connectivity index (χ2v) is 12.8. The van der Waals surface area contributed by atoms with Gasteiger partial charge in [-0.05, 0) is 47.6 Å². The van der Waals surface area contributed by atoms with E-state index in [9.17, 15) is 23.1 Å². The Morgan fingerprint density at radius 2 is 1.49 bits per heavy atom. The van der Waals surface area contributed by atoms with Gasteiger partial charge in [-0.2, -0.15) is 5.10 Å². The third-order valence-electron chi connectivity index (χ3n) is 8.13. The number of hydrogen-bond acceptors (Lipinski definition) is 6. The van der Waals surface area contributed by atoms with Gasteiger partial charge in [-0.1, -0.05) is 78.9 Å². The van der Waals surface area contributed by atoms with Gasteiger partial charge in [-0.3, -0.25) is 14.8 Å². The summed E-state index contributed by atoms with van der Waals surface area (Å²) in [6, 6.07) is 24.7. The Balaban J connectivity index is 1.30. The molecular formula is C32H34N4O6S. The van der Waals surface area contributed by atoms with Crippen molar-refractivity contribution < 1.29 is 27.9 Å². The Labute approximate surface area is 251 Å². The van der Waals surface area contributed by atoms with E-state index in [0.717, 1.165) is 34.1 Å². The number of aliphatic carboxylic acids is 1. The van der Waals surface area contributed by atoms with E-state index in [-0.39, 0.29) is 25.9 Å². The van der Waals surface area contributed by atoms with E-state index < -0.39 is 33.6 Å². The number of nitrogens with one attached hydrogen (secondary N) is 1. The molecule has 0 saturated carbocycles. The van der Waals surface area contributed by atoms with Gasteiger partial charge in [0, 0.05) is 25.7 Å². The lowest BCUT2D eigenvalue weighted by Crippen LogP contribution is -2.48. The Morgan fingerprint density at radius 3 is 2.05 bits per heavy atom. The van der Waals surface area contributed by atoms with Crippen molar-refractivity contribution in [2.75, 3.05) is 24.7 Å². The number of benzene rings is 3. The number of carboxylic acid groups (broad SMARTS) is 1. The van der Waals surface area contributed by atoms with Gasteiger partial charge in [0.2, 0.25) is 10.0 Å². The minimum Gasteiger partial charge on any atom is -0.481 e. The molecule has 224 valence electrons. The zero-order valence-corrected chi connectivity index (χ0v) is 25.0. The molecule has 4 aromatic rings. The molecular weight excluding hydrogens is 568 g/mol. The number of carboxylic acids is 1. The van der Waals surface area contributed by atoms with Crippen molar-refractivity contribution in [3.8, 4) is 22.3 Å². The number of aryl methyl sites for hydroxylation is 1. The molecule has 1 aromatic heterocycles. The minimum atomic E-state index is -3.37. The van der Waals surface area contributed by atoms with E-state index in [1.165, 1.54) is 4.31 Å². The van der Waals surface area contributed by atoms with Gasteiger partial charge in [0.05, 0.1) is 17.9 Å². The maximum absolute atomic E-state index is 12.7. The van der Waals surface area contributed by atoms with Crippen LogP contribution in [0.1, 0.15) is 37.0 Å². The molecule has 0 aliphatic carbocycles. The summed E-state index contributed by atoms with van der Waals surface area (Å²) in [7, 11) is -1.62. The van der Waals surface area contributed by atoms with Gasteiger partial charge >= 0.3 is 12.1 Å². The summed E-state index contributed by atoms with van der Waals surface area (Å²) in [5, 5.41) is 17.3. The lowest BCUT2D eigenvalue weighted by atomic mass is 9.73. The van der Waals surface area contributed by atoms with Crippen LogP contribution in [0.3, 0.4) is 0 Å². The summed E-state index contributed by atoms with van der Waals surface area (Å²) in [4.78, 5) is 25.1. The maximum atomic E-state index is 12.7. The van der Waals surface area contributed by atoms with Crippen LogP contribution in [0.5, 0.6) is 0 Å². The van der Waals surface area contributed by atoms with Crippen molar-refractivity contribution in [2.45, 2.75) is 31.3 Å². The number of carbonyl (C=O) groups is 2. The van der Waals surface area contributed by atoms with Gasteiger partial charge in [0.1, 0.15) is 11.9 Å². The first-order chi connectivity index (χ1) is 20.5. The van der Waals surface area contributed by atoms with Crippen molar-refractivity contribution >= 4 is 27.9 Å². The molecule has 11 heteroatoms. The summed E-state index contributed by atoms with van der Waals surface area (Å²) in [5.41, 5.74) is 3.84. The number of ether oxygens (including phenoxy) is 1.